The van der Waals surface area contributed by atoms with Gasteiger partial charge in [0.05, 0.1) is 12.2 Å². The van der Waals surface area contributed by atoms with E-state index in [0.717, 1.165) is 25.8 Å². The topological polar surface area (TPSA) is 79.0 Å². The molecule has 2 unspecified atom stereocenters. The molecule has 2 bridgehead atoms. The highest BCUT2D eigenvalue weighted by atomic mass is 16.5. The van der Waals surface area contributed by atoms with E-state index in [1.807, 2.05) is 6.08 Å². The predicted octanol–water partition coefficient (Wildman–Crippen LogP) is 0.133. The third kappa shape index (κ3) is 1.38. The molecule has 4 N–H and O–H groups in total. The van der Waals surface area contributed by atoms with Crippen LogP contribution in [0, 0.1) is 11.3 Å². The maximum Gasteiger partial charge on any atom is 0.144 e. The number of piperidine rings is 1. The highest BCUT2D eigenvalue weighted by Gasteiger charge is 2.68. The third-order valence-corrected chi connectivity index (χ3v) is 6.95. The summed E-state index contributed by atoms with van der Waals surface area (Å²) < 4.78 is 6.24. The molecule has 120 valence electrons. The summed E-state index contributed by atoms with van der Waals surface area (Å²) >= 11 is 0. The van der Waals surface area contributed by atoms with Gasteiger partial charge < -0.3 is 25.6 Å². The number of nitrogens with two attached hydrogens (primary N) is 1. The minimum absolute atomic E-state index is 0.155. The fraction of sp³-hybridized carbons (Fsp3) is 0.765. The molecular weight excluding hydrogens is 280 g/mol. The van der Waals surface area contributed by atoms with Gasteiger partial charge in [0.2, 0.25) is 0 Å². The Morgan fingerprint density at radius 1 is 1.36 bits per heavy atom. The summed E-state index contributed by atoms with van der Waals surface area (Å²) in [5.41, 5.74) is 7.39. The first-order valence-electron chi connectivity index (χ1n) is 8.41. The standard InChI is InChI=1S/C17H24N2O3/c1-19-7-6-16-10-2-3-12(20)14(16)22-15-13(16)9(8-11(10)19)4-5-17(15,18)21/h2-3,10-12,14-15,20-21H,4-8,18H2,1H3/t10-,11+,12-,14-,15?,16-,17?/m0/s1. The lowest BCUT2D eigenvalue weighted by Gasteiger charge is -2.58. The molecule has 0 aromatic heterocycles. The van der Waals surface area contributed by atoms with Gasteiger partial charge in [0.15, 0.2) is 0 Å². The number of hydrogen-bond donors (Lipinski definition) is 3. The van der Waals surface area contributed by atoms with Crippen LogP contribution in [-0.4, -0.2) is 58.8 Å². The fourth-order valence-electron chi connectivity index (χ4n) is 5.96. The van der Waals surface area contributed by atoms with Gasteiger partial charge >= 0.3 is 0 Å². The van der Waals surface area contributed by atoms with Crippen molar-refractivity contribution < 1.29 is 14.9 Å². The Balaban J connectivity index is 1.76. The van der Waals surface area contributed by atoms with Crippen LogP contribution < -0.4 is 5.73 Å². The number of aliphatic hydroxyl groups is 2. The summed E-state index contributed by atoms with van der Waals surface area (Å²) in [5.74, 6) is 0.359. The number of nitrogens with zero attached hydrogens (tertiary/aromatic N) is 1. The lowest BCUT2D eigenvalue weighted by Crippen LogP contribution is -2.62. The second-order valence-corrected chi connectivity index (χ2v) is 7.89. The Labute approximate surface area is 130 Å². The fourth-order valence-corrected chi connectivity index (χ4v) is 5.96. The molecule has 5 rings (SSSR count). The smallest absolute Gasteiger partial charge is 0.144 e. The summed E-state index contributed by atoms with van der Waals surface area (Å²) in [4.78, 5) is 2.45. The monoisotopic (exact) mass is 304 g/mol. The Kier molecular flexibility index (Phi) is 2.51. The van der Waals surface area contributed by atoms with Crippen LogP contribution in [0.4, 0.5) is 0 Å². The van der Waals surface area contributed by atoms with E-state index in [0.29, 0.717) is 18.4 Å². The number of aliphatic hydroxyl groups excluding tert-OH is 1. The van der Waals surface area contributed by atoms with Crippen LogP contribution in [0.2, 0.25) is 0 Å². The van der Waals surface area contributed by atoms with Crippen LogP contribution in [0.3, 0.4) is 0 Å². The first-order chi connectivity index (χ1) is 10.4. The first kappa shape index (κ1) is 13.7. The first-order valence-corrected chi connectivity index (χ1v) is 8.41. The maximum absolute atomic E-state index is 10.7. The summed E-state index contributed by atoms with van der Waals surface area (Å²) in [6.07, 6.45) is 6.19. The van der Waals surface area contributed by atoms with E-state index in [1.54, 1.807) is 0 Å². The zero-order chi connectivity index (χ0) is 15.3. The molecule has 2 heterocycles. The van der Waals surface area contributed by atoms with Crippen molar-refractivity contribution in [2.75, 3.05) is 13.6 Å². The normalized spacial score (nSPS) is 56.3. The molecule has 3 aliphatic carbocycles. The van der Waals surface area contributed by atoms with Crippen molar-refractivity contribution in [3.8, 4) is 0 Å². The van der Waals surface area contributed by atoms with Crippen LogP contribution >= 0.6 is 0 Å². The van der Waals surface area contributed by atoms with Gasteiger partial charge in [0.1, 0.15) is 11.8 Å². The van der Waals surface area contributed by atoms with Crippen molar-refractivity contribution in [3.63, 3.8) is 0 Å². The highest BCUT2D eigenvalue weighted by molar-refractivity contribution is 5.45. The molecule has 0 radical (unpaired) electrons. The largest absolute Gasteiger partial charge is 0.386 e. The summed E-state index contributed by atoms with van der Waals surface area (Å²) in [6.45, 7) is 1.01. The molecule has 1 spiro atoms. The van der Waals surface area contributed by atoms with Gasteiger partial charge in [-0.2, -0.15) is 0 Å². The van der Waals surface area contributed by atoms with Crippen LogP contribution in [-0.2, 0) is 4.74 Å². The van der Waals surface area contributed by atoms with Crippen molar-refractivity contribution in [2.24, 2.45) is 17.1 Å². The van der Waals surface area contributed by atoms with E-state index < -0.39 is 17.9 Å². The minimum Gasteiger partial charge on any atom is -0.386 e. The SMILES string of the molecule is CN1CC[C@]23C4=C5CCC(N)(O)C4O[C@H]2[C@@H](O)C=C[C@H]3[C@H]1C5. The zero-order valence-electron chi connectivity index (χ0n) is 12.9. The molecule has 5 nitrogen and oxygen atoms in total. The molecule has 0 aromatic rings. The maximum atomic E-state index is 10.7. The third-order valence-electron chi connectivity index (χ3n) is 6.95. The van der Waals surface area contributed by atoms with Gasteiger partial charge in [-0.25, -0.2) is 0 Å². The van der Waals surface area contributed by atoms with Gasteiger partial charge in [0, 0.05) is 17.4 Å². The van der Waals surface area contributed by atoms with Gasteiger partial charge in [-0.1, -0.05) is 17.7 Å². The van der Waals surface area contributed by atoms with Gasteiger partial charge in [-0.05, 0) is 44.8 Å². The van der Waals surface area contributed by atoms with Crippen LogP contribution in [0.25, 0.3) is 0 Å². The molecule has 7 atom stereocenters. The second kappa shape index (κ2) is 4.02. The lowest BCUT2D eigenvalue weighted by atomic mass is 9.51. The van der Waals surface area contributed by atoms with E-state index in [1.165, 1.54) is 11.1 Å². The van der Waals surface area contributed by atoms with Crippen LogP contribution in [0.1, 0.15) is 25.7 Å². The Morgan fingerprint density at radius 2 is 2.18 bits per heavy atom. The molecule has 2 aliphatic heterocycles. The lowest BCUT2D eigenvalue weighted by molar-refractivity contribution is -0.136. The van der Waals surface area contributed by atoms with E-state index in [-0.39, 0.29) is 11.5 Å². The summed E-state index contributed by atoms with van der Waals surface area (Å²) in [7, 11) is 2.20. The Morgan fingerprint density at radius 3 is 3.00 bits per heavy atom. The molecule has 5 aliphatic rings. The van der Waals surface area contributed by atoms with Gasteiger partial charge in [-0.15, -0.1) is 0 Å². The van der Waals surface area contributed by atoms with Gasteiger partial charge in [0.25, 0.3) is 0 Å². The quantitative estimate of drug-likeness (QED) is 0.438. The van der Waals surface area contributed by atoms with E-state index in [4.69, 9.17) is 10.5 Å². The van der Waals surface area contributed by atoms with Crippen LogP contribution in [0.15, 0.2) is 23.3 Å². The Bertz CT molecular complexity index is 599. The van der Waals surface area contributed by atoms with Crippen molar-refractivity contribution in [1.82, 2.24) is 4.90 Å². The summed E-state index contributed by atoms with van der Waals surface area (Å²) in [6, 6.07) is 0.477. The molecule has 22 heavy (non-hydrogen) atoms. The highest BCUT2D eigenvalue weighted by Crippen LogP contribution is 2.65. The molecule has 2 fully saturated rings. The molecule has 5 heteroatoms. The van der Waals surface area contributed by atoms with Crippen molar-refractivity contribution in [3.05, 3.63) is 23.3 Å². The van der Waals surface area contributed by atoms with E-state index in [2.05, 4.69) is 18.0 Å². The summed E-state index contributed by atoms with van der Waals surface area (Å²) in [5, 5.41) is 21.2. The average Bonchev–Trinajstić information content (AvgIpc) is 2.83. The van der Waals surface area contributed by atoms with Crippen molar-refractivity contribution in [1.29, 1.82) is 0 Å². The molecule has 0 aromatic carbocycles. The Hall–Kier alpha value is -0.720. The van der Waals surface area contributed by atoms with E-state index in [9.17, 15) is 10.2 Å². The molecule has 0 amide bonds. The minimum atomic E-state index is -1.30. The molecular formula is C17H24N2O3. The number of rotatable bonds is 0. The average molecular weight is 304 g/mol. The van der Waals surface area contributed by atoms with Crippen molar-refractivity contribution >= 4 is 0 Å². The number of ether oxygens (including phenoxy) is 1. The number of hydrogen-bond acceptors (Lipinski definition) is 5. The van der Waals surface area contributed by atoms with Crippen molar-refractivity contribution in [2.45, 2.75) is 55.8 Å². The molecule has 0 saturated carbocycles. The van der Waals surface area contributed by atoms with Crippen LogP contribution in [0.5, 0.6) is 0 Å². The zero-order valence-corrected chi connectivity index (χ0v) is 12.9. The van der Waals surface area contributed by atoms with Gasteiger partial charge in [-0.3, -0.25) is 0 Å². The number of likely N-dealkylation sites (tertiary alicyclic amines) is 1. The second-order valence-electron chi connectivity index (χ2n) is 7.89. The van der Waals surface area contributed by atoms with E-state index >= 15 is 0 Å². The predicted molar refractivity (Wildman–Crippen MR) is 80.8 cm³/mol. The molecule has 2 saturated heterocycles.